The van der Waals surface area contributed by atoms with Crippen LogP contribution in [0, 0.1) is 5.92 Å². The monoisotopic (exact) mass is 201 g/mol. The van der Waals surface area contributed by atoms with Gasteiger partial charge in [-0.3, -0.25) is 0 Å². The maximum absolute atomic E-state index is 3.26. The smallest absolute Gasteiger partial charge is 0.0288 e. The van der Waals surface area contributed by atoms with E-state index < -0.39 is 0 Å². The molecule has 0 spiro atoms. The van der Waals surface area contributed by atoms with E-state index in [1.54, 1.807) is 0 Å². The average molecular weight is 201 g/mol. The molecule has 14 heavy (non-hydrogen) atoms. The van der Waals surface area contributed by atoms with Crippen LogP contribution >= 0.6 is 0 Å². The lowest BCUT2D eigenvalue weighted by Gasteiger charge is -2.21. The van der Waals surface area contributed by atoms with Gasteiger partial charge in [0.2, 0.25) is 0 Å². The second-order valence-corrected chi connectivity index (χ2v) is 3.92. The van der Waals surface area contributed by atoms with Crippen LogP contribution in [0.2, 0.25) is 0 Å². The van der Waals surface area contributed by atoms with Crippen molar-refractivity contribution in [3.63, 3.8) is 0 Å². The molecular formula is C11H27N3. The molecule has 1 atom stereocenters. The van der Waals surface area contributed by atoms with Crippen LogP contribution in [0.5, 0.6) is 0 Å². The quantitative estimate of drug-likeness (QED) is 0.560. The Balaban J connectivity index is 3.40. The Labute approximate surface area is 89.2 Å². The van der Waals surface area contributed by atoms with Crippen LogP contribution in [-0.4, -0.2) is 25.3 Å². The molecule has 3 heteroatoms. The third kappa shape index (κ3) is 7.30. The largest absolute Gasteiger partial charge is 0.245 e. The molecule has 2 N–H and O–H groups in total. The van der Waals surface area contributed by atoms with Gasteiger partial charge in [0, 0.05) is 20.1 Å². The highest BCUT2D eigenvalue weighted by Gasteiger charge is 2.03. The molecule has 0 aliphatic rings. The minimum atomic E-state index is 0.875. The van der Waals surface area contributed by atoms with Crippen LogP contribution in [0.15, 0.2) is 0 Å². The first kappa shape index (κ1) is 13.9. The van der Waals surface area contributed by atoms with Crippen molar-refractivity contribution in [1.29, 1.82) is 0 Å². The highest BCUT2D eigenvalue weighted by Crippen LogP contribution is 2.11. The van der Waals surface area contributed by atoms with E-state index in [0.29, 0.717) is 0 Å². The lowest BCUT2D eigenvalue weighted by Crippen LogP contribution is -2.46. The fourth-order valence-corrected chi connectivity index (χ4v) is 1.70. The number of hydrogen-bond donors (Lipinski definition) is 2. The van der Waals surface area contributed by atoms with Crippen LogP contribution < -0.4 is 10.9 Å². The van der Waals surface area contributed by atoms with Gasteiger partial charge in [-0.25, -0.2) is 10.9 Å². The Bertz CT molecular complexity index is 117. The fourth-order valence-electron chi connectivity index (χ4n) is 1.70. The molecule has 0 aromatic carbocycles. The second kappa shape index (κ2) is 9.44. The van der Waals surface area contributed by atoms with E-state index in [2.05, 4.69) is 36.7 Å². The molecule has 3 nitrogen and oxygen atoms in total. The van der Waals surface area contributed by atoms with Gasteiger partial charge in [-0.2, -0.15) is 5.12 Å². The van der Waals surface area contributed by atoms with Crippen LogP contribution in [0.3, 0.4) is 0 Å². The average Bonchev–Trinajstić information content (AvgIpc) is 2.17. The normalized spacial score (nSPS) is 13.5. The van der Waals surface area contributed by atoms with Crippen LogP contribution in [-0.2, 0) is 0 Å². The van der Waals surface area contributed by atoms with Gasteiger partial charge >= 0.3 is 0 Å². The van der Waals surface area contributed by atoms with E-state index in [1.807, 2.05) is 7.05 Å². The number of rotatable bonds is 9. The van der Waals surface area contributed by atoms with E-state index in [-0.39, 0.29) is 0 Å². The molecular weight excluding hydrogens is 174 g/mol. The maximum Gasteiger partial charge on any atom is 0.0288 e. The van der Waals surface area contributed by atoms with Crippen molar-refractivity contribution in [2.24, 2.45) is 5.92 Å². The molecule has 0 saturated carbocycles. The van der Waals surface area contributed by atoms with Gasteiger partial charge in [-0.1, -0.05) is 33.6 Å². The molecule has 0 bridgehead atoms. The summed E-state index contributed by atoms with van der Waals surface area (Å²) < 4.78 is 0. The molecule has 0 fully saturated rings. The minimum absolute atomic E-state index is 0.875. The summed E-state index contributed by atoms with van der Waals surface area (Å²) in [7, 11) is 1.96. The van der Waals surface area contributed by atoms with E-state index in [1.165, 1.54) is 25.7 Å². The Hall–Kier alpha value is -0.120. The van der Waals surface area contributed by atoms with Gasteiger partial charge in [0.1, 0.15) is 0 Å². The molecule has 0 aliphatic carbocycles. The molecule has 0 saturated heterocycles. The van der Waals surface area contributed by atoms with Crippen molar-refractivity contribution in [3.8, 4) is 0 Å². The summed E-state index contributed by atoms with van der Waals surface area (Å²) in [5, 5.41) is 2.07. The summed E-state index contributed by atoms with van der Waals surface area (Å²) >= 11 is 0. The van der Waals surface area contributed by atoms with Crippen molar-refractivity contribution in [3.05, 3.63) is 0 Å². The topological polar surface area (TPSA) is 27.3 Å². The van der Waals surface area contributed by atoms with E-state index in [9.17, 15) is 0 Å². The van der Waals surface area contributed by atoms with Crippen molar-refractivity contribution < 1.29 is 0 Å². The standard InChI is InChI=1S/C11H27N3/c1-5-8-11(3)9-7-10-14(12-4)13-6-2/h11-13H,5-10H2,1-4H3/t11-/m0/s1. The number of hydrogen-bond acceptors (Lipinski definition) is 3. The Morgan fingerprint density at radius 2 is 1.93 bits per heavy atom. The summed E-state index contributed by atoms with van der Waals surface area (Å²) in [6, 6.07) is 0. The van der Waals surface area contributed by atoms with Crippen molar-refractivity contribution in [2.75, 3.05) is 20.1 Å². The number of hydrazine groups is 2. The predicted molar refractivity (Wildman–Crippen MR) is 62.7 cm³/mol. The zero-order valence-electron chi connectivity index (χ0n) is 10.3. The fraction of sp³-hybridized carbons (Fsp3) is 1.00. The molecule has 0 unspecified atom stereocenters. The Kier molecular flexibility index (Phi) is 9.35. The van der Waals surface area contributed by atoms with Crippen molar-refractivity contribution in [1.82, 2.24) is 16.0 Å². The molecule has 0 radical (unpaired) electrons. The van der Waals surface area contributed by atoms with Gasteiger partial charge in [-0.05, 0) is 18.8 Å². The van der Waals surface area contributed by atoms with Gasteiger partial charge in [-0.15, -0.1) is 0 Å². The number of nitrogens with one attached hydrogen (secondary N) is 2. The van der Waals surface area contributed by atoms with Crippen LogP contribution in [0.4, 0.5) is 0 Å². The Morgan fingerprint density at radius 3 is 2.43 bits per heavy atom. The molecule has 0 aromatic heterocycles. The third-order valence-corrected chi connectivity index (χ3v) is 2.48. The first-order valence-electron chi connectivity index (χ1n) is 5.93. The summed E-state index contributed by atoms with van der Waals surface area (Å²) in [5.41, 5.74) is 6.39. The van der Waals surface area contributed by atoms with E-state index in [4.69, 9.17) is 0 Å². The van der Waals surface area contributed by atoms with Gasteiger partial charge < -0.3 is 0 Å². The zero-order chi connectivity index (χ0) is 10.8. The van der Waals surface area contributed by atoms with E-state index in [0.717, 1.165) is 19.0 Å². The molecule has 0 amide bonds. The molecule has 0 heterocycles. The first-order valence-corrected chi connectivity index (χ1v) is 5.93. The second-order valence-electron chi connectivity index (χ2n) is 3.92. The van der Waals surface area contributed by atoms with Crippen LogP contribution in [0.25, 0.3) is 0 Å². The summed E-state index contributed by atoms with van der Waals surface area (Å²) in [4.78, 5) is 0. The van der Waals surface area contributed by atoms with Gasteiger partial charge in [0.05, 0.1) is 0 Å². The maximum atomic E-state index is 3.26. The van der Waals surface area contributed by atoms with Gasteiger partial charge in [0.15, 0.2) is 0 Å². The Morgan fingerprint density at radius 1 is 1.21 bits per heavy atom. The summed E-state index contributed by atoms with van der Waals surface area (Å²) in [6.45, 7) is 8.78. The third-order valence-electron chi connectivity index (χ3n) is 2.48. The lowest BCUT2D eigenvalue weighted by atomic mass is 10.0. The van der Waals surface area contributed by atoms with Crippen LogP contribution in [0.1, 0.15) is 46.5 Å². The summed E-state index contributed by atoms with van der Waals surface area (Å²) in [5.74, 6) is 0.875. The minimum Gasteiger partial charge on any atom is -0.245 e. The number of nitrogens with zero attached hydrogens (tertiary/aromatic N) is 1. The zero-order valence-corrected chi connectivity index (χ0v) is 10.3. The van der Waals surface area contributed by atoms with Gasteiger partial charge in [0.25, 0.3) is 0 Å². The summed E-state index contributed by atoms with van der Waals surface area (Å²) in [6.07, 6.45) is 5.26. The molecule has 0 aliphatic heterocycles. The highest BCUT2D eigenvalue weighted by atomic mass is 15.7. The molecule has 0 rings (SSSR count). The van der Waals surface area contributed by atoms with Crippen molar-refractivity contribution in [2.45, 2.75) is 46.5 Å². The van der Waals surface area contributed by atoms with E-state index >= 15 is 0 Å². The lowest BCUT2D eigenvalue weighted by molar-refractivity contribution is 0.127. The SMILES string of the molecule is CCC[C@H](C)CCCN(NC)NCC. The van der Waals surface area contributed by atoms with Crippen molar-refractivity contribution >= 4 is 0 Å². The molecule has 86 valence electrons. The first-order chi connectivity index (χ1) is 6.74. The molecule has 0 aromatic rings. The predicted octanol–water partition coefficient (Wildman–Crippen LogP) is 2.16. The highest BCUT2D eigenvalue weighted by molar-refractivity contribution is 4.54.